The number of carbonyl (C=O) groups excluding carboxylic acids is 2. The maximum atomic E-state index is 13.1. The fourth-order valence-electron chi connectivity index (χ4n) is 3.56. The molecule has 2 aromatic rings. The summed E-state index contributed by atoms with van der Waals surface area (Å²) in [7, 11) is 0. The molecule has 2 heterocycles. The van der Waals surface area contributed by atoms with E-state index >= 15 is 0 Å². The molecule has 0 bridgehead atoms. The molecule has 6 heteroatoms. The van der Waals surface area contributed by atoms with E-state index in [-0.39, 0.29) is 17.4 Å². The number of rotatable bonds is 5. The van der Waals surface area contributed by atoms with Gasteiger partial charge in [-0.15, -0.1) is 11.3 Å². The van der Waals surface area contributed by atoms with Crippen molar-refractivity contribution in [2.45, 2.75) is 39.8 Å². The van der Waals surface area contributed by atoms with Crippen LogP contribution in [0.5, 0.6) is 0 Å². The van der Waals surface area contributed by atoms with E-state index in [0.29, 0.717) is 26.2 Å². The Morgan fingerprint density at radius 1 is 1.00 bits per heavy atom. The van der Waals surface area contributed by atoms with Crippen LogP contribution in [0.25, 0.3) is 0 Å². The first kappa shape index (κ1) is 21.5. The van der Waals surface area contributed by atoms with Crippen LogP contribution in [-0.2, 0) is 11.3 Å². The lowest BCUT2D eigenvalue weighted by atomic mass is 10.0. The van der Waals surface area contributed by atoms with Crippen molar-refractivity contribution in [3.8, 4) is 0 Å². The predicted molar refractivity (Wildman–Crippen MR) is 118 cm³/mol. The molecule has 0 spiro atoms. The van der Waals surface area contributed by atoms with E-state index in [1.165, 1.54) is 0 Å². The fourth-order valence-corrected chi connectivity index (χ4v) is 4.39. The van der Waals surface area contributed by atoms with Crippen LogP contribution in [0, 0.1) is 6.92 Å². The number of hydrogen-bond donors (Lipinski definition) is 0. The summed E-state index contributed by atoms with van der Waals surface area (Å²) in [6.45, 7) is 12.0. The molecule has 0 aliphatic carbocycles. The number of amides is 2. The molecule has 0 N–H and O–H groups in total. The van der Waals surface area contributed by atoms with Crippen molar-refractivity contribution in [1.82, 2.24) is 14.7 Å². The van der Waals surface area contributed by atoms with Gasteiger partial charge >= 0.3 is 0 Å². The Kier molecular flexibility index (Phi) is 6.75. The number of benzene rings is 1. The topological polar surface area (TPSA) is 43.9 Å². The molecule has 0 unspecified atom stereocenters. The van der Waals surface area contributed by atoms with Crippen molar-refractivity contribution in [2.24, 2.45) is 0 Å². The Bertz CT molecular complexity index is 833. The van der Waals surface area contributed by atoms with Gasteiger partial charge in [0.2, 0.25) is 5.91 Å². The van der Waals surface area contributed by atoms with Crippen LogP contribution >= 0.6 is 11.3 Å². The molecule has 1 saturated heterocycles. The van der Waals surface area contributed by atoms with E-state index in [0.717, 1.165) is 28.4 Å². The lowest BCUT2D eigenvalue weighted by Crippen LogP contribution is -2.53. The molecule has 0 saturated carbocycles. The minimum atomic E-state index is -0.248. The second-order valence-corrected chi connectivity index (χ2v) is 9.90. The molecule has 1 aliphatic rings. The Labute approximate surface area is 177 Å². The van der Waals surface area contributed by atoms with Gasteiger partial charge in [-0.05, 0) is 45.4 Å². The summed E-state index contributed by atoms with van der Waals surface area (Å²) >= 11 is 1.54. The molecule has 1 aliphatic heterocycles. The molecule has 0 atom stereocenters. The van der Waals surface area contributed by atoms with E-state index in [1.807, 2.05) is 47.1 Å². The summed E-state index contributed by atoms with van der Waals surface area (Å²) in [5.74, 6) is 0.240. The monoisotopic (exact) mass is 413 g/mol. The van der Waals surface area contributed by atoms with E-state index in [9.17, 15) is 9.59 Å². The third-order valence-electron chi connectivity index (χ3n) is 5.26. The van der Waals surface area contributed by atoms with Gasteiger partial charge in [0.25, 0.3) is 5.91 Å². The number of aryl methyl sites for hydroxylation is 1. The predicted octanol–water partition coefficient (Wildman–Crippen LogP) is 3.64. The zero-order chi connectivity index (χ0) is 21.0. The number of carbonyl (C=O) groups is 2. The van der Waals surface area contributed by atoms with Crippen LogP contribution in [0.15, 0.2) is 42.5 Å². The van der Waals surface area contributed by atoms with Gasteiger partial charge in [0.05, 0.1) is 11.4 Å². The second kappa shape index (κ2) is 9.09. The molecule has 1 aromatic heterocycles. The van der Waals surface area contributed by atoms with Gasteiger partial charge in [0, 0.05) is 43.1 Å². The molecular weight excluding hydrogens is 382 g/mol. The number of hydrogen-bond acceptors (Lipinski definition) is 4. The van der Waals surface area contributed by atoms with Gasteiger partial charge in [-0.2, -0.15) is 0 Å². The van der Waals surface area contributed by atoms with Crippen molar-refractivity contribution in [3.63, 3.8) is 0 Å². The fraction of sp³-hybridized carbons (Fsp3) is 0.478. The summed E-state index contributed by atoms with van der Waals surface area (Å²) in [4.78, 5) is 33.7. The van der Waals surface area contributed by atoms with Crippen molar-refractivity contribution < 1.29 is 9.59 Å². The SMILES string of the molecule is Cc1ccc(C(=O)N2CCN(CC(=O)N(Cc3ccccc3)C(C)(C)C)CC2)s1. The third-order valence-corrected chi connectivity index (χ3v) is 6.25. The van der Waals surface area contributed by atoms with Crippen molar-refractivity contribution in [3.05, 3.63) is 57.8 Å². The van der Waals surface area contributed by atoms with Gasteiger partial charge < -0.3 is 9.80 Å². The van der Waals surface area contributed by atoms with Crippen LogP contribution in [0.3, 0.4) is 0 Å². The molecule has 29 heavy (non-hydrogen) atoms. The lowest BCUT2D eigenvalue weighted by molar-refractivity contribution is -0.138. The highest BCUT2D eigenvalue weighted by Gasteiger charge is 2.29. The van der Waals surface area contributed by atoms with Gasteiger partial charge in [0.15, 0.2) is 0 Å². The number of nitrogens with zero attached hydrogens (tertiary/aromatic N) is 3. The molecule has 2 amide bonds. The van der Waals surface area contributed by atoms with Gasteiger partial charge in [-0.25, -0.2) is 0 Å². The average Bonchev–Trinajstić information content (AvgIpc) is 3.12. The number of thiophene rings is 1. The first-order chi connectivity index (χ1) is 13.7. The average molecular weight is 414 g/mol. The Balaban J connectivity index is 1.56. The largest absolute Gasteiger partial charge is 0.335 e. The normalized spacial score (nSPS) is 15.4. The zero-order valence-electron chi connectivity index (χ0n) is 17.9. The highest BCUT2D eigenvalue weighted by atomic mass is 32.1. The van der Waals surface area contributed by atoms with Crippen molar-refractivity contribution in [1.29, 1.82) is 0 Å². The van der Waals surface area contributed by atoms with E-state index in [4.69, 9.17) is 0 Å². The van der Waals surface area contributed by atoms with E-state index in [1.54, 1.807) is 11.3 Å². The van der Waals surface area contributed by atoms with Gasteiger partial charge in [0.1, 0.15) is 0 Å². The van der Waals surface area contributed by atoms with Crippen LogP contribution in [0.2, 0.25) is 0 Å². The molecule has 0 radical (unpaired) electrons. The summed E-state index contributed by atoms with van der Waals surface area (Å²) in [5.41, 5.74) is 0.888. The first-order valence-electron chi connectivity index (χ1n) is 10.2. The molecular formula is C23H31N3O2S. The smallest absolute Gasteiger partial charge is 0.264 e. The second-order valence-electron chi connectivity index (χ2n) is 8.61. The van der Waals surface area contributed by atoms with Gasteiger partial charge in [-0.1, -0.05) is 30.3 Å². The Morgan fingerprint density at radius 2 is 1.66 bits per heavy atom. The standard InChI is InChI=1S/C23H31N3O2S/c1-18-10-11-20(29-18)22(28)25-14-12-24(13-15-25)17-21(27)26(23(2,3)4)16-19-8-6-5-7-9-19/h5-11H,12-17H2,1-4H3. The maximum Gasteiger partial charge on any atom is 0.264 e. The van der Waals surface area contributed by atoms with E-state index in [2.05, 4.69) is 37.8 Å². The molecule has 5 nitrogen and oxygen atoms in total. The quantitative estimate of drug-likeness (QED) is 0.752. The van der Waals surface area contributed by atoms with Crippen LogP contribution in [0.4, 0.5) is 0 Å². The minimum absolute atomic E-state index is 0.106. The van der Waals surface area contributed by atoms with Crippen LogP contribution < -0.4 is 0 Å². The summed E-state index contributed by atoms with van der Waals surface area (Å²) in [6.07, 6.45) is 0. The third kappa shape index (κ3) is 5.67. The summed E-state index contributed by atoms with van der Waals surface area (Å²) < 4.78 is 0. The Morgan fingerprint density at radius 3 is 2.21 bits per heavy atom. The molecule has 1 fully saturated rings. The highest BCUT2D eigenvalue weighted by molar-refractivity contribution is 7.13. The highest BCUT2D eigenvalue weighted by Crippen LogP contribution is 2.20. The first-order valence-corrected chi connectivity index (χ1v) is 11.0. The van der Waals surface area contributed by atoms with Crippen molar-refractivity contribution in [2.75, 3.05) is 32.7 Å². The molecule has 1 aromatic carbocycles. The van der Waals surface area contributed by atoms with E-state index < -0.39 is 0 Å². The van der Waals surface area contributed by atoms with Crippen LogP contribution in [-0.4, -0.2) is 64.8 Å². The van der Waals surface area contributed by atoms with Crippen molar-refractivity contribution >= 4 is 23.2 Å². The molecule has 156 valence electrons. The molecule has 3 rings (SSSR count). The zero-order valence-corrected chi connectivity index (χ0v) is 18.7. The number of piperazine rings is 1. The summed E-state index contributed by atoms with van der Waals surface area (Å²) in [5, 5.41) is 0. The van der Waals surface area contributed by atoms with Crippen LogP contribution in [0.1, 0.15) is 40.9 Å². The van der Waals surface area contributed by atoms with Gasteiger partial charge in [-0.3, -0.25) is 14.5 Å². The Hall–Kier alpha value is -2.18. The maximum absolute atomic E-state index is 13.1. The lowest BCUT2D eigenvalue weighted by Gasteiger charge is -2.39. The minimum Gasteiger partial charge on any atom is -0.335 e. The summed E-state index contributed by atoms with van der Waals surface area (Å²) in [6, 6.07) is 14.0.